The van der Waals surface area contributed by atoms with Gasteiger partial charge in [0, 0.05) is 5.92 Å². The Morgan fingerprint density at radius 3 is 3.07 bits per heavy atom. The Balaban J connectivity index is 2.26. The highest BCUT2D eigenvalue weighted by atomic mass is 16.4. The van der Waals surface area contributed by atoms with Gasteiger partial charge in [-0.3, -0.25) is 0 Å². The van der Waals surface area contributed by atoms with Gasteiger partial charge in [0.25, 0.3) is 5.89 Å². The zero-order valence-electron chi connectivity index (χ0n) is 7.80. The molecule has 1 unspecified atom stereocenters. The molecule has 0 saturated heterocycles. The summed E-state index contributed by atoms with van der Waals surface area (Å²) in [6.07, 6.45) is 3.17. The number of aliphatic hydroxyl groups is 1. The monoisotopic (exact) mass is 193 g/mol. The van der Waals surface area contributed by atoms with Crippen molar-refractivity contribution in [1.82, 2.24) is 4.98 Å². The van der Waals surface area contributed by atoms with Gasteiger partial charge in [-0.1, -0.05) is 6.92 Å². The molecular formula is C10H11NO3. The number of rotatable bonds is 3. The van der Waals surface area contributed by atoms with Crippen LogP contribution >= 0.6 is 0 Å². The number of furan rings is 1. The molecule has 74 valence electrons. The fourth-order valence-electron chi connectivity index (χ4n) is 1.12. The van der Waals surface area contributed by atoms with Gasteiger partial charge in [-0.05, 0) is 12.1 Å². The van der Waals surface area contributed by atoms with Crippen LogP contribution < -0.4 is 0 Å². The van der Waals surface area contributed by atoms with Crippen molar-refractivity contribution in [2.24, 2.45) is 0 Å². The quantitative estimate of drug-likeness (QED) is 0.810. The number of hydrogen-bond acceptors (Lipinski definition) is 4. The molecule has 0 spiro atoms. The number of hydrogen-bond donors (Lipinski definition) is 1. The second-order valence-electron chi connectivity index (χ2n) is 3.13. The summed E-state index contributed by atoms with van der Waals surface area (Å²) in [7, 11) is 0. The zero-order chi connectivity index (χ0) is 9.97. The fraction of sp³-hybridized carbons (Fsp3) is 0.300. The van der Waals surface area contributed by atoms with Crippen molar-refractivity contribution in [2.45, 2.75) is 12.8 Å². The molecule has 0 aliphatic heterocycles. The molecular weight excluding hydrogens is 182 g/mol. The van der Waals surface area contributed by atoms with E-state index in [4.69, 9.17) is 13.9 Å². The zero-order valence-corrected chi connectivity index (χ0v) is 7.80. The van der Waals surface area contributed by atoms with Gasteiger partial charge >= 0.3 is 0 Å². The van der Waals surface area contributed by atoms with Gasteiger partial charge in [0.2, 0.25) is 0 Å². The summed E-state index contributed by atoms with van der Waals surface area (Å²) in [6.45, 7) is 1.92. The van der Waals surface area contributed by atoms with E-state index in [1.807, 2.05) is 6.92 Å². The molecule has 0 aliphatic rings. The lowest BCUT2D eigenvalue weighted by Gasteiger charge is -2.00. The smallest absolute Gasteiger partial charge is 0.262 e. The van der Waals surface area contributed by atoms with Crippen molar-refractivity contribution in [1.29, 1.82) is 0 Å². The Morgan fingerprint density at radius 2 is 2.43 bits per heavy atom. The average molecular weight is 193 g/mol. The van der Waals surface area contributed by atoms with E-state index < -0.39 is 0 Å². The van der Waals surface area contributed by atoms with E-state index in [1.54, 1.807) is 24.6 Å². The van der Waals surface area contributed by atoms with Crippen molar-refractivity contribution in [2.75, 3.05) is 6.61 Å². The molecule has 0 bridgehead atoms. The van der Waals surface area contributed by atoms with E-state index in [-0.39, 0.29) is 12.5 Å². The third kappa shape index (κ3) is 1.56. The molecule has 2 aromatic rings. The van der Waals surface area contributed by atoms with Crippen molar-refractivity contribution < 1.29 is 13.9 Å². The summed E-state index contributed by atoms with van der Waals surface area (Å²) in [5.41, 5.74) is 0. The van der Waals surface area contributed by atoms with Crippen LogP contribution in [-0.4, -0.2) is 16.7 Å². The summed E-state index contributed by atoms with van der Waals surface area (Å²) in [6, 6.07) is 3.55. The van der Waals surface area contributed by atoms with Crippen LogP contribution in [0.1, 0.15) is 18.6 Å². The van der Waals surface area contributed by atoms with Gasteiger partial charge in [0.15, 0.2) is 5.76 Å². The molecule has 1 N–H and O–H groups in total. The highest BCUT2D eigenvalue weighted by molar-refractivity contribution is 5.43. The molecule has 0 amide bonds. The molecule has 0 saturated carbocycles. The third-order valence-electron chi connectivity index (χ3n) is 2.02. The molecule has 14 heavy (non-hydrogen) atoms. The number of aliphatic hydroxyl groups excluding tert-OH is 1. The van der Waals surface area contributed by atoms with Gasteiger partial charge in [-0.15, -0.1) is 0 Å². The highest BCUT2D eigenvalue weighted by Gasteiger charge is 2.13. The minimum atomic E-state index is -0.0359. The van der Waals surface area contributed by atoms with Crippen LogP contribution in [0.25, 0.3) is 11.7 Å². The van der Waals surface area contributed by atoms with E-state index in [0.717, 1.165) is 0 Å². The molecule has 0 aliphatic carbocycles. The first-order chi connectivity index (χ1) is 6.81. The van der Waals surface area contributed by atoms with Gasteiger partial charge in [0.1, 0.15) is 5.76 Å². The van der Waals surface area contributed by atoms with Crippen LogP contribution in [0.3, 0.4) is 0 Å². The highest BCUT2D eigenvalue weighted by Crippen LogP contribution is 2.23. The van der Waals surface area contributed by atoms with E-state index in [9.17, 15) is 0 Å². The van der Waals surface area contributed by atoms with Crippen LogP contribution in [0.15, 0.2) is 33.4 Å². The Bertz CT molecular complexity index is 391. The summed E-state index contributed by atoms with van der Waals surface area (Å²) >= 11 is 0. The largest absolute Gasteiger partial charge is 0.459 e. The van der Waals surface area contributed by atoms with Gasteiger partial charge in [-0.25, -0.2) is 4.98 Å². The molecule has 2 rings (SSSR count). The average Bonchev–Trinajstić information content (AvgIpc) is 2.86. The van der Waals surface area contributed by atoms with E-state index in [2.05, 4.69) is 4.98 Å². The summed E-state index contributed by atoms with van der Waals surface area (Å²) in [4.78, 5) is 4.06. The van der Waals surface area contributed by atoms with Gasteiger partial charge < -0.3 is 13.9 Å². The minimum Gasteiger partial charge on any atom is -0.459 e. The van der Waals surface area contributed by atoms with Crippen molar-refractivity contribution in [3.8, 4) is 11.7 Å². The van der Waals surface area contributed by atoms with Crippen LogP contribution in [0.4, 0.5) is 0 Å². The van der Waals surface area contributed by atoms with Gasteiger partial charge in [-0.2, -0.15) is 0 Å². The molecule has 4 heteroatoms. The number of nitrogens with zero attached hydrogens (tertiary/aromatic N) is 1. The Morgan fingerprint density at radius 1 is 1.57 bits per heavy atom. The predicted octanol–water partition coefficient (Wildman–Crippen LogP) is 2.03. The fourth-order valence-corrected chi connectivity index (χ4v) is 1.12. The van der Waals surface area contributed by atoms with Crippen LogP contribution in [-0.2, 0) is 0 Å². The normalized spacial score (nSPS) is 13.0. The van der Waals surface area contributed by atoms with Crippen LogP contribution in [0, 0.1) is 0 Å². The molecule has 2 aromatic heterocycles. The standard InChI is InChI=1S/C10H11NO3/c1-7(6-12)9-5-11-10(14-9)8-3-2-4-13-8/h2-5,7,12H,6H2,1H3. The summed E-state index contributed by atoms with van der Waals surface area (Å²) < 4.78 is 10.5. The Labute approximate surface area is 81.2 Å². The maximum absolute atomic E-state index is 8.92. The lowest BCUT2D eigenvalue weighted by molar-refractivity contribution is 0.258. The number of aromatic nitrogens is 1. The Hall–Kier alpha value is -1.55. The number of oxazole rings is 1. The SMILES string of the molecule is CC(CO)c1cnc(-c2ccco2)o1. The van der Waals surface area contributed by atoms with Crippen LogP contribution in [0.5, 0.6) is 0 Å². The lowest BCUT2D eigenvalue weighted by Crippen LogP contribution is -1.96. The first-order valence-electron chi connectivity index (χ1n) is 4.41. The molecule has 0 fully saturated rings. The molecule has 0 radical (unpaired) electrons. The van der Waals surface area contributed by atoms with E-state index >= 15 is 0 Å². The Kier molecular flexibility index (Phi) is 2.37. The molecule has 4 nitrogen and oxygen atoms in total. The first-order valence-corrected chi connectivity index (χ1v) is 4.41. The molecule has 2 heterocycles. The van der Waals surface area contributed by atoms with Gasteiger partial charge in [0.05, 0.1) is 19.1 Å². The first kappa shape index (κ1) is 9.02. The van der Waals surface area contributed by atoms with Crippen molar-refractivity contribution in [3.63, 3.8) is 0 Å². The van der Waals surface area contributed by atoms with Crippen molar-refractivity contribution in [3.05, 3.63) is 30.4 Å². The summed E-state index contributed by atoms with van der Waals surface area (Å²) in [5, 5.41) is 8.92. The molecule has 0 aromatic carbocycles. The van der Waals surface area contributed by atoms with Crippen LogP contribution in [0.2, 0.25) is 0 Å². The molecule has 1 atom stereocenters. The lowest BCUT2D eigenvalue weighted by atomic mass is 10.1. The predicted molar refractivity (Wildman–Crippen MR) is 49.7 cm³/mol. The second-order valence-corrected chi connectivity index (χ2v) is 3.13. The second kappa shape index (κ2) is 3.67. The summed E-state index contributed by atoms with van der Waals surface area (Å²) in [5.74, 6) is 1.68. The topological polar surface area (TPSA) is 59.4 Å². The third-order valence-corrected chi connectivity index (χ3v) is 2.02. The maximum atomic E-state index is 8.92. The maximum Gasteiger partial charge on any atom is 0.262 e. The minimum absolute atomic E-state index is 0.0359. The van der Waals surface area contributed by atoms with Crippen molar-refractivity contribution >= 4 is 0 Å². The van der Waals surface area contributed by atoms with E-state index in [1.165, 1.54) is 0 Å². The van der Waals surface area contributed by atoms with E-state index in [0.29, 0.717) is 17.4 Å².